The largest absolute Gasteiger partial charge is 0.485 e. The lowest BCUT2D eigenvalue weighted by Crippen LogP contribution is -2.53. The number of nitrogens with zero attached hydrogens (tertiary/aromatic N) is 1. The van der Waals surface area contributed by atoms with Crippen molar-refractivity contribution in [3.63, 3.8) is 0 Å². The lowest BCUT2D eigenvalue weighted by molar-refractivity contribution is -0.138. The minimum atomic E-state index is -0.306. The van der Waals surface area contributed by atoms with Crippen molar-refractivity contribution in [3.05, 3.63) is 29.8 Å². The summed E-state index contributed by atoms with van der Waals surface area (Å²) in [5, 5.41) is 3.33. The van der Waals surface area contributed by atoms with Gasteiger partial charge in [0.25, 0.3) is 0 Å². The summed E-state index contributed by atoms with van der Waals surface area (Å²) in [5.41, 5.74) is 0.793. The molecule has 2 saturated heterocycles. The van der Waals surface area contributed by atoms with Gasteiger partial charge in [0.05, 0.1) is 25.8 Å². The number of fused-ring (bicyclic) bond motifs is 1. The van der Waals surface area contributed by atoms with Gasteiger partial charge in [-0.15, -0.1) is 0 Å². The summed E-state index contributed by atoms with van der Waals surface area (Å²) in [6, 6.07) is 8.07. The van der Waals surface area contributed by atoms with E-state index in [1.54, 1.807) is 0 Å². The zero-order chi connectivity index (χ0) is 15.7. The molecule has 1 aromatic rings. The van der Waals surface area contributed by atoms with E-state index >= 15 is 0 Å². The lowest BCUT2D eigenvalue weighted by atomic mass is 9.93. The fraction of sp³-hybridized carbons (Fsp3) is 0.611. The number of hydrogen-bond acceptors (Lipinski definition) is 4. The van der Waals surface area contributed by atoms with Crippen molar-refractivity contribution in [1.82, 2.24) is 10.2 Å². The minimum Gasteiger partial charge on any atom is -0.485 e. The fourth-order valence-corrected chi connectivity index (χ4v) is 3.88. The maximum Gasteiger partial charge on any atom is 0.240 e. The molecule has 5 nitrogen and oxygen atoms in total. The first-order valence-corrected chi connectivity index (χ1v) is 8.63. The highest BCUT2D eigenvalue weighted by atomic mass is 16.5. The van der Waals surface area contributed by atoms with Crippen molar-refractivity contribution in [2.75, 3.05) is 26.3 Å². The Balaban J connectivity index is 1.64. The normalized spacial score (nSPS) is 26.4. The Morgan fingerprint density at radius 2 is 2.09 bits per heavy atom. The third kappa shape index (κ3) is 2.95. The van der Waals surface area contributed by atoms with Gasteiger partial charge in [0, 0.05) is 24.9 Å². The molecule has 1 spiro atoms. The molecule has 2 fully saturated rings. The van der Waals surface area contributed by atoms with E-state index in [1.807, 2.05) is 23.1 Å². The van der Waals surface area contributed by atoms with Crippen LogP contribution in [-0.4, -0.2) is 48.8 Å². The van der Waals surface area contributed by atoms with Crippen molar-refractivity contribution in [3.8, 4) is 5.75 Å². The van der Waals surface area contributed by atoms with Gasteiger partial charge in [0.1, 0.15) is 11.4 Å². The van der Waals surface area contributed by atoms with Gasteiger partial charge < -0.3 is 19.7 Å². The van der Waals surface area contributed by atoms with E-state index in [2.05, 4.69) is 11.4 Å². The number of hydrogen-bond donors (Lipinski definition) is 1. The molecule has 0 unspecified atom stereocenters. The van der Waals surface area contributed by atoms with Crippen LogP contribution in [0.4, 0.5) is 0 Å². The van der Waals surface area contributed by atoms with Crippen molar-refractivity contribution >= 4 is 5.91 Å². The van der Waals surface area contributed by atoms with Crippen molar-refractivity contribution in [1.29, 1.82) is 0 Å². The Kier molecular flexibility index (Phi) is 3.99. The number of amides is 1. The molecule has 124 valence electrons. The minimum absolute atomic E-state index is 0.0304. The van der Waals surface area contributed by atoms with Gasteiger partial charge in [0.15, 0.2) is 0 Å². The molecule has 3 heterocycles. The predicted molar refractivity (Wildman–Crippen MR) is 86.3 cm³/mol. The second-order valence-electron chi connectivity index (χ2n) is 6.85. The van der Waals surface area contributed by atoms with Crippen molar-refractivity contribution in [2.45, 2.75) is 43.9 Å². The summed E-state index contributed by atoms with van der Waals surface area (Å²) in [4.78, 5) is 15.0. The number of carbonyl (C=O) groups is 1. The van der Waals surface area contributed by atoms with E-state index in [-0.39, 0.29) is 17.6 Å². The predicted octanol–water partition coefficient (Wildman–Crippen LogP) is 1.71. The molecule has 0 radical (unpaired) electrons. The Bertz CT molecular complexity index is 577. The fourth-order valence-electron chi connectivity index (χ4n) is 3.88. The molecular weight excluding hydrogens is 292 g/mol. The molecule has 5 heteroatoms. The van der Waals surface area contributed by atoms with E-state index in [9.17, 15) is 4.79 Å². The SMILES string of the molecule is O=C([C@H]1CCCN1)N1Cc2ccccc2OC2(CCOCC2)C1. The molecule has 1 amide bonds. The van der Waals surface area contributed by atoms with Crippen LogP contribution in [0.15, 0.2) is 24.3 Å². The van der Waals surface area contributed by atoms with Gasteiger partial charge in [-0.05, 0) is 25.5 Å². The summed E-state index contributed by atoms with van der Waals surface area (Å²) >= 11 is 0. The Morgan fingerprint density at radius 3 is 2.87 bits per heavy atom. The van der Waals surface area contributed by atoms with Crippen LogP contribution in [0.25, 0.3) is 0 Å². The Labute approximate surface area is 136 Å². The van der Waals surface area contributed by atoms with Crippen LogP contribution >= 0.6 is 0 Å². The smallest absolute Gasteiger partial charge is 0.240 e. The van der Waals surface area contributed by atoms with Crippen LogP contribution in [0.3, 0.4) is 0 Å². The van der Waals surface area contributed by atoms with Gasteiger partial charge in [-0.25, -0.2) is 0 Å². The monoisotopic (exact) mass is 316 g/mol. The van der Waals surface area contributed by atoms with Crippen molar-refractivity contribution in [2.24, 2.45) is 0 Å². The van der Waals surface area contributed by atoms with E-state index in [1.165, 1.54) is 0 Å². The van der Waals surface area contributed by atoms with Crippen LogP contribution in [0, 0.1) is 0 Å². The van der Waals surface area contributed by atoms with E-state index in [0.29, 0.717) is 26.3 Å². The number of nitrogens with one attached hydrogen (secondary N) is 1. The topological polar surface area (TPSA) is 50.8 Å². The second-order valence-corrected chi connectivity index (χ2v) is 6.85. The van der Waals surface area contributed by atoms with Crippen LogP contribution in [-0.2, 0) is 16.1 Å². The molecule has 3 aliphatic heterocycles. The van der Waals surface area contributed by atoms with Gasteiger partial charge in [-0.3, -0.25) is 4.79 Å². The van der Waals surface area contributed by atoms with Crippen LogP contribution in [0.5, 0.6) is 5.75 Å². The first-order valence-electron chi connectivity index (χ1n) is 8.63. The van der Waals surface area contributed by atoms with Gasteiger partial charge >= 0.3 is 0 Å². The van der Waals surface area contributed by atoms with Gasteiger partial charge in [0.2, 0.25) is 5.91 Å². The Morgan fingerprint density at radius 1 is 1.26 bits per heavy atom. The molecule has 4 rings (SSSR count). The highest BCUT2D eigenvalue weighted by molar-refractivity contribution is 5.82. The molecule has 0 bridgehead atoms. The molecule has 1 atom stereocenters. The van der Waals surface area contributed by atoms with E-state index in [4.69, 9.17) is 9.47 Å². The highest BCUT2D eigenvalue weighted by Crippen LogP contribution is 2.35. The first-order chi connectivity index (χ1) is 11.3. The average molecular weight is 316 g/mol. The lowest BCUT2D eigenvalue weighted by Gasteiger charge is -2.39. The summed E-state index contributed by atoms with van der Waals surface area (Å²) < 4.78 is 12.0. The number of ether oxygens (including phenoxy) is 2. The molecule has 1 aromatic carbocycles. The third-order valence-corrected chi connectivity index (χ3v) is 5.21. The number of carbonyl (C=O) groups excluding carboxylic acids is 1. The molecule has 1 N–H and O–H groups in total. The first kappa shape index (κ1) is 15.0. The number of rotatable bonds is 1. The third-order valence-electron chi connectivity index (χ3n) is 5.21. The Hall–Kier alpha value is -1.59. The van der Waals surface area contributed by atoms with Crippen LogP contribution in [0.1, 0.15) is 31.2 Å². The zero-order valence-electron chi connectivity index (χ0n) is 13.4. The standard InChI is InChI=1S/C18H24N2O3/c21-17(15-5-3-9-19-15)20-12-14-4-1-2-6-16(14)23-18(13-20)7-10-22-11-8-18/h1-2,4,6,15,19H,3,5,7-13H2/t15-/m1/s1. The molecule has 3 aliphatic rings. The van der Waals surface area contributed by atoms with E-state index < -0.39 is 0 Å². The quantitative estimate of drug-likeness (QED) is 0.857. The molecule has 0 aromatic heterocycles. The van der Waals surface area contributed by atoms with Crippen LogP contribution < -0.4 is 10.1 Å². The molecular formula is C18H24N2O3. The summed E-state index contributed by atoms with van der Waals surface area (Å²) in [5.74, 6) is 1.14. The van der Waals surface area contributed by atoms with Gasteiger partial charge in [-0.1, -0.05) is 18.2 Å². The average Bonchev–Trinajstić information content (AvgIpc) is 3.05. The molecule has 23 heavy (non-hydrogen) atoms. The molecule has 0 aliphatic carbocycles. The van der Waals surface area contributed by atoms with Gasteiger partial charge in [-0.2, -0.15) is 0 Å². The second kappa shape index (κ2) is 6.13. The highest BCUT2D eigenvalue weighted by Gasteiger charge is 2.42. The summed E-state index contributed by atoms with van der Waals surface area (Å²) in [6.07, 6.45) is 3.69. The van der Waals surface area contributed by atoms with Crippen molar-refractivity contribution < 1.29 is 14.3 Å². The molecule has 0 saturated carbocycles. The van der Waals surface area contributed by atoms with E-state index in [0.717, 1.165) is 43.5 Å². The number of benzene rings is 1. The summed E-state index contributed by atoms with van der Waals surface area (Å²) in [6.45, 7) is 3.63. The zero-order valence-corrected chi connectivity index (χ0v) is 13.4. The maximum atomic E-state index is 13.0. The number of para-hydroxylation sites is 1. The van der Waals surface area contributed by atoms with Crippen LogP contribution in [0.2, 0.25) is 0 Å². The maximum absolute atomic E-state index is 13.0. The summed E-state index contributed by atoms with van der Waals surface area (Å²) in [7, 11) is 0.